The van der Waals surface area contributed by atoms with Gasteiger partial charge in [-0.2, -0.15) is 13.2 Å². The molecule has 0 spiro atoms. The van der Waals surface area contributed by atoms with Gasteiger partial charge < -0.3 is 14.8 Å². The van der Waals surface area contributed by atoms with Crippen LogP contribution in [0.15, 0.2) is 11.6 Å². The summed E-state index contributed by atoms with van der Waals surface area (Å²) >= 11 is 3.03. The van der Waals surface area contributed by atoms with Crippen molar-refractivity contribution in [2.45, 2.75) is 56.4 Å². The lowest BCUT2D eigenvalue weighted by Crippen LogP contribution is -2.46. The fraction of sp³-hybridized carbons (Fsp3) is 0.611. The minimum absolute atomic E-state index is 0.0742. The molecule has 1 N–H and O–H groups in total. The standard InChI is InChI=1S/C18H20F3N3O3S2/c19-18(20,21)17(26-8-9-27-17)6-2-1-3-12(25)23-14-13(11-4-5-11)29-16(24-14)15-22-7-10-28-15/h7,10-11H,1-6,8-9H2,(H,23,25). The van der Waals surface area contributed by atoms with Gasteiger partial charge in [-0.15, -0.1) is 22.7 Å². The minimum atomic E-state index is -4.59. The molecule has 1 saturated heterocycles. The van der Waals surface area contributed by atoms with Crippen LogP contribution < -0.4 is 5.32 Å². The number of amides is 1. The number of halogens is 3. The lowest BCUT2D eigenvalue weighted by atomic mass is 10.1. The SMILES string of the molecule is O=C(CCCCC1(C(F)(F)F)OCCO1)Nc1nc(-c2nccs2)sc1C1CC1. The molecule has 0 atom stereocenters. The van der Waals surface area contributed by atoms with Crippen molar-refractivity contribution in [1.29, 1.82) is 0 Å². The zero-order valence-corrected chi connectivity index (χ0v) is 17.1. The quantitative estimate of drug-likeness (QED) is 0.580. The number of alkyl halides is 3. The Kier molecular flexibility index (Phi) is 5.92. The van der Waals surface area contributed by atoms with E-state index in [1.54, 1.807) is 17.5 Å². The molecule has 1 aliphatic carbocycles. The summed E-state index contributed by atoms with van der Waals surface area (Å²) < 4.78 is 49.2. The number of thiazole rings is 2. The topological polar surface area (TPSA) is 73.3 Å². The maximum Gasteiger partial charge on any atom is 0.443 e. The summed E-state index contributed by atoms with van der Waals surface area (Å²) in [5.41, 5.74) is 0. The average Bonchev–Trinajstić information content (AvgIpc) is 3.08. The van der Waals surface area contributed by atoms with Crippen molar-refractivity contribution in [3.63, 3.8) is 0 Å². The van der Waals surface area contributed by atoms with Gasteiger partial charge in [-0.3, -0.25) is 4.79 Å². The van der Waals surface area contributed by atoms with Crippen LogP contribution in [-0.2, 0) is 14.3 Å². The van der Waals surface area contributed by atoms with Crippen LogP contribution in [0.25, 0.3) is 10.0 Å². The van der Waals surface area contributed by atoms with Crippen LogP contribution in [0.5, 0.6) is 0 Å². The number of unbranched alkanes of at least 4 members (excludes halogenated alkanes) is 1. The molecule has 2 aromatic rings. The highest BCUT2D eigenvalue weighted by molar-refractivity contribution is 7.21. The highest BCUT2D eigenvalue weighted by Gasteiger charge is 2.59. The van der Waals surface area contributed by atoms with Crippen LogP contribution in [0.3, 0.4) is 0 Å². The summed E-state index contributed by atoms with van der Waals surface area (Å²) in [6.07, 6.45) is -0.462. The molecule has 29 heavy (non-hydrogen) atoms. The number of hydrogen-bond donors (Lipinski definition) is 1. The van der Waals surface area contributed by atoms with Crippen LogP contribution in [0.4, 0.5) is 19.0 Å². The lowest BCUT2D eigenvalue weighted by Gasteiger charge is -2.29. The van der Waals surface area contributed by atoms with E-state index in [-0.39, 0.29) is 38.4 Å². The molecular weight excluding hydrogens is 427 g/mol. The molecule has 3 heterocycles. The van der Waals surface area contributed by atoms with Crippen LogP contribution in [0.2, 0.25) is 0 Å². The fourth-order valence-corrected chi connectivity index (χ4v) is 5.08. The molecule has 0 unspecified atom stereocenters. The van der Waals surface area contributed by atoms with E-state index >= 15 is 0 Å². The first-order chi connectivity index (χ1) is 13.9. The van der Waals surface area contributed by atoms with E-state index in [0.29, 0.717) is 18.2 Å². The lowest BCUT2D eigenvalue weighted by molar-refractivity contribution is -0.346. The molecule has 2 aliphatic rings. The van der Waals surface area contributed by atoms with Gasteiger partial charge in [0.25, 0.3) is 5.79 Å². The number of nitrogens with zero attached hydrogens (tertiary/aromatic N) is 2. The molecule has 2 aromatic heterocycles. The maximum atomic E-state index is 13.2. The van der Waals surface area contributed by atoms with Gasteiger partial charge in [0.2, 0.25) is 5.91 Å². The van der Waals surface area contributed by atoms with E-state index in [1.807, 2.05) is 5.38 Å². The Morgan fingerprint density at radius 2 is 2.00 bits per heavy atom. The molecule has 0 bridgehead atoms. The molecule has 1 aliphatic heterocycles. The number of ether oxygens (including phenoxy) is 2. The predicted molar refractivity (Wildman–Crippen MR) is 103 cm³/mol. The Morgan fingerprint density at radius 3 is 2.62 bits per heavy atom. The van der Waals surface area contributed by atoms with E-state index in [4.69, 9.17) is 9.47 Å². The highest BCUT2D eigenvalue weighted by atomic mass is 32.1. The van der Waals surface area contributed by atoms with Crippen molar-refractivity contribution in [1.82, 2.24) is 9.97 Å². The van der Waals surface area contributed by atoms with Gasteiger partial charge in [0.05, 0.1) is 18.1 Å². The van der Waals surface area contributed by atoms with Gasteiger partial charge in [0.1, 0.15) is 5.82 Å². The van der Waals surface area contributed by atoms with E-state index in [1.165, 1.54) is 11.3 Å². The average molecular weight is 448 g/mol. The van der Waals surface area contributed by atoms with Crippen LogP contribution in [0, 0.1) is 0 Å². The van der Waals surface area contributed by atoms with Crippen molar-refractivity contribution in [3.8, 4) is 10.0 Å². The molecule has 4 rings (SSSR count). The van der Waals surface area contributed by atoms with Crippen molar-refractivity contribution >= 4 is 34.4 Å². The summed E-state index contributed by atoms with van der Waals surface area (Å²) in [6, 6.07) is 0. The highest BCUT2D eigenvalue weighted by Crippen LogP contribution is 2.48. The maximum absolute atomic E-state index is 13.2. The number of aromatic nitrogens is 2. The predicted octanol–water partition coefficient (Wildman–Crippen LogP) is 4.95. The summed E-state index contributed by atoms with van der Waals surface area (Å²) in [7, 11) is 0. The van der Waals surface area contributed by atoms with Crippen molar-refractivity contribution in [3.05, 3.63) is 16.5 Å². The van der Waals surface area contributed by atoms with Crippen molar-refractivity contribution < 1.29 is 27.4 Å². The molecular formula is C18H20F3N3O3S2. The van der Waals surface area contributed by atoms with Gasteiger partial charge in [0, 0.05) is 24.4 Å². The number of rotatable bonds is 8. The largest absolute Gasteiger partial charge is 0.443 e. The van der Waals surface area contributed by atoms with Gasteiger partial charge in [-0.05, 0) is 31.6 Å². The van der Waals surface area contributed by atoms with Crippen molar-refractivity contribution in [2.75, 3.05) is 18.5 Å². The third-order valence-electron chi connectivity index (χ3n) is 4.82. The van der Waals surface area contributed by atoms with Gasteiger partial charge in [-0.1, -0.05) is 0 Å². The van der Waals surface area contributed by atoms with E-state index in [9.17, 15) is 18.0 Å². The van der Waals surface area contributed by atoms with Gasteiger partial charge in [-0.25, -0.2) is 9.97 Å². The molecule has 0 aromatic carbocycles. The molecule has 11 heteroatoms. The van der Waals surface area contributed by atoms with Crippen LogP contribution in [-0.4, -0.2) is 41.1 Å². The van der Waals surface area contributed by atoms with E-state index in [2.05, 4.69) is 15.3 Å². The second-order valence-electron chi connectivity index (χ2n) is 7.05. The number of nitrogens with one attached hydrogen (secondary N) is 1. The second kappa shape index (κ2) is 8.29. The first-order valence-corrected chi connectivity index (χ1v) is 11.1. The fourth-order valence-electron chi connectivity index (χ4n) is 3.21. The molecule has 1 amide bonds. The Hall–Kier alpha value is -1.56. The molecule has 0 radical (unpaired) electrons. The molecule has 1 saturated carbocycles. The number of carbonyl (C=O) groups excluding carboxylic acids is 1. The van der Waals surface area contributed by atoms with Crippen LogP contribution in [0.1, 0.15) is 49.3 Å². The summed E-state index contributed by atoms with van der Waals surface area (Å²) in [5, 5.41) is 6.30. The Morgan fingerprint density at radius 1 is 1.24 bits per heavy atom. The summed E-state index contributed by atoms with van der Waals surface area (Å²) in [4.78, 5) is 22.2. The first-order valence-electron chi connectivity index (χ1n) is 9.43. The van der Waals surface area contributed by atoms with Gasteiger partial charge >= 0.3 is 6.18 Å². The van der Waals surface area contributed by atoms with Gasteiger partial charge in [0.15, 0.2) is 10.0 Å². The zero-order chi connectivity index (χ0) is 20.5. The monoisotopic (exact) mass is 447 g/mol. The number of anilines is 1. The Balaban J connectivity index is 1.31. The smallest absolute Gasteiger partial charge is 0.340 e. The second-order valence-corrected chi connectivity index (χ2v) is 8.97. The molecule has 158 valence electrons. The van der Waals surface area contributed by atoms with Crippen LogP contribution >= 0.6 is 22.7 Å². The summed E-state index contributed by atoms with van der Waals surface area (Å²) in [6.45, 7) is -0.148. The molecule has 2 fully saturated rings. The third kappa shape index (κ3) is 4.62. The summed E-state index contributed by atoms with van der Waals surface area (Å²) in [5.74, 6) is -1.81. The van der Waals surface area contributed by atoms with Crippen molar-refractivity contribution in [2.24, 2.45) is 0 Å². The minimum Gasteiger partial charge on any atom is -0.340 e. The zero-order valence-electron chi connectivity index (χ0n) is 15.5. The third-order valence-corrected chi connectivity index (χ3v) is 6.95. The molecule has 6 nitrogen and oxygen atoms in total. The van der Waals surface area contributed by atoms with E-state index < -0.39 is 12.0 Å². The first kappa shape index (κ1) is 20.7. The number of carbonyl (C=O) groups is 1. The van der Waals surface area contributed by atoms with E-state index in [0.717, 1.165) is 27.7 Å². The number of hydrogen-bond acceptors (Lipinski definition) is 7. The normalized spacial score (nSPS) is 18.9. The Bertz CT molecular complexity index is 844. The Labute approximate surface area is 173 Å².